The van der Waals surface area contributed by atoms with E-state index in [1.807, 2.05) is 60.3 Å². The molecule has 5 rings (SSSR count). The molecular weight excluding hydrogens is 428 g/mol. The summed E-state index contributed by atoms with van der Waals surface area (Å²) >= 11 is 1.88. The van der Waals surface area contributed by atoms with Crippen molar-refractivity contribution in [3.05, 3.63) is 131 Å². The van der Waals surface area contributed by atoms with E-state index >= 15 is 0 Å². The number of hydrogen-bond donors (Lipinski definition) is 0. The normalized spacial score (nSPS) is 12.1. The molecule has 0 N–H and O–H groups in total. The summed E-state index contributed by atoms with van der Waals surface area (Å²) in [4.78, 5) is 15.5. The van der Waals surface area contributed by atoms with Crippen LogP contribution >= 0.6 is 11.8 Å². The molecule has 4 heteroatoms. The molecule has 0 aliphatic carbocycles. The highest BCUT2D eigenvalue weighted by atomic mass is 32.2. The van der Waals surface area contributed by atoms with Gasteiger partial charge in [-0.05, 0) is 29.7 Å². The van der Waals surface area contributed by atoms with Crippen molar-refractivity contribution in [3.63, 3.8) is 0 Å². The summed E-state index contributed by atoms with van der Waals surface area (Å²) in [5.74, 6) is -1.62. The zero-order valence-corrected chi connectivity index (χ0v) is 19.5. The first kappa shape index (κ1) is 23.0. The third kappa shape index (κ3) is 4.93. The van der Waals surface area contributed by atoms with Crippen molar-refractivity contribution in [3.8, 4) is 0 Å². The Morgan fingerprint density at radius 1 is 0.667 bits per heavy atom. The average Bonchev–Trinajstić information content (AvgIpc) is 2.90. The van der Waals surface area contributed by atoms with Gasteiger partial charge in [-0.1, -0.05) is 109 Å². The first-order chi connectivity index (χ1) is 16.2. The molecule has 33 heavy (non-hydrogen) atoms. The summed E-state index contributed by atoms with van der Waals surface area (Å²) in [6.07, 6.45) is 1.08. The Kier molecular flexibility index (Phi) is 7.40. The van der Waals surface area contributed by atoms with Gasteiger partial charge in [-0.25, -0.2) is 0 Å². The van der Waals surface area contributed by atoms with Crippen LogP contribution in [0.4, 0.5) is 0 Å². The monoisotopic (exact) mass is 454 g/mol. The van der Waals surface area contributed by atoms with E-state index in [2.05, 4.69) is 48.5 Å². The van der Waals surface area contributed by atoms with E-state index in [1.54, 1.807) is 12.1 Å². The zero-order valence-electron chi connectivity index (χ0n) is 18.7. The first-order valence-electron chi connectivity index (χ1n) is 10.8. The molecule has 0 saturated heterocycles. The Bertz CT molecular complexity index is 1110. The van der Waals surface area contributed by atoms with Crippen LogP contribution in [0.2, 0.25) is 0 Å². The number of carbonyl (C=O) groups is 1. The molecule has 0 radical (unpaired) electrons. The molecule has 1 aliphatic rings. The Labute approximate surface area is 199 Å². The van der Waals surface area contributed by atoms with Gasteiger partial charge in [0.15, 0.2) is 0 Å². The standard InChI is InChI=1S/C16H16O3.C13H10S/c1-18-16(19-2,14-11-7-4-8-12-14)15(17)13-9-5-3-6-10-13;1-3-7-12-10(5-1)9-11-6-2-4-8-13(11)14-12/h3-12H,1-2H3;1-8H,9H2. The van der Waals surface area contributed by atoms with Gasteiger partial charge in [0.25, 0.3) is 5.79 Å². The number of rotatable bonds is 5. The van der Waals surface area contributed by atoms with Gasteiger partial charge in [0, 0.05) is 35.1 Å². The van der Waals surface area contributed by atoms with Crippen molar-refractivity contribution >= 4 is 17.5 Å². The highest BCUT2D eigenvalue weighted by molar-refractivity contribution is 7.99. The van der Waals surface area contributed by atoms with Gasteiger partial charge in [0.1, 0.15) is 0 Å². The van der Waals surface area contributed by atoms with Crippen molar-refractivity contribution < 1.29 is 14.3 Å². The minimum Gasteiger partial charge on any atom is -0.343 e. The third-order valence-corrected chi connectivity index (χ3v) is 6.85. The maximum atomic E-state index is 12.7. The molecule has 4 aromatic carbocycles. The third-order valence-electron chi connectivity index (χ3n) is 5.61. The van der Waals surface area contributed by atoms with Crippen LogP contribution < -0.4 is 0 Å². The largest absolute Gasteiger partial charge is 0.343 e. The zero-order chi connectivity index (χ0) is 23.1. The first-order valence-corrected chi connectivity index (χ1v) is 11.6. The van der Waals surface area contributed by atoms with Crippen LogP contribution in [0.5, 0.6) is 0 Å². The lowest BCUT2D eigenvalue weighted by Gasteiger charge is -2.29. The Balaban J connectivity index is 0.000000163. The van der Waals surface area contributed by atoms with E-state index in [9.17, 15) is 4.79 Å². The molecule has 4 aromatic rings. The lowest BCUT2D eigenvalue weighted by molar-refractivity contribution is -0.176. The molecule has 1 aliphatic heterocycles. The predicted octanol–water partition coefficient (Wildman–Crippen LogP) is 6.76. The van der Waals surface area contributed by atoms with Crippen LogP contribution in [0, 0.1) is 0 Å². The van der Waals surface area contributed by atoms with Crippen molar-refractivity contribution in [1.82, 2.24) is 0 Å². The summed E-state index contributed by atoms with van der Waals surface area (Å²) in [6, 6.07) is 35.5. The molecule has 3 nitrogen and oxygen atoms in total. The fourth-order valence-electron chi connectivity index (χ4n) is 3.90. The molecule has 0 spiro atoms. The number of Topliss-reactive ketones (excluding diaryl/α,β-unsaturated/α-hetero) is 1. The molecule has 0 aromatic heterocycles. The number of methoxy groups -OCH3 is 2. The van der Waals surface area contributed by atoms with E-state index in [1.165, 1.54) is 35.1 Å². The molecular formula is C29H26O3S. The van der Waals surface area contributed by atoms with E-state index in [-0.39, 0.29) is 5.78 Å². The molecule has 0 atom stereocenters. The van der Waals surface area contributed by atoms with Crippen LogP contribution in [0.3, 0.4) is 0 Å². The molecule has 1 heterocycles. The van der Waals surface area contributed by atoms with Gasteiger partial charge in [-0.2, -0.15) is 0 Å². The van der Waals surface area contributed by atoms with Crippen molar-refractivity contribution in [2.45, 2.75) is 22.0 Å². The number of benzene rings is 4. The van der Waals surface area contributed by atoms with Gasteiger partial charge in [-0.15, -0.1) is 0 Å². The number of ketones is 1. The maximum Gasteiger partial charge on any atom is 0.260 e. The number of hydrogen-bond acceptors (Lipinski definition) is 4. The summed E-state index contributed by atoms with van der Waals surface area (Å²) < 4.78 is 10.8. The quantitative estimate of drug-likeness (QED) is 0.217. The fraction of sp³-hybridized carbons (Fsp3) is 0.138. The topological polar surface area (TPSA) is 35.5 Å². The van der Waals surface area contributed by atoms with Crippen molar-refractivity contribution in [1.29, 1.82) is 0 Å². The average molecular weight is 455 g/mol. The second-order valence-electron chi connectivity index (χ2n) is 7.58. The maximum absolute atomic E-state index is 12.7. The van der Waals surface area contributed by atoms with Crippen LogP contribution in [0.15, 0.2) is 119 Å². The minimum absolute atomic E-state index is 0.218. The van der Waals surface area contributed by atoms with Gasteiger partial charge in [-0.3, -0.25) is 4.79 Å². The molecule has 166 valence electrons. The predicted molar refractivity (Wildman–Crippen MR) is 133 cm³/mol. The van der Waals surface area contributed by atoms with Gasteiger partial charge in [0.2, 0.25) is 5.78 Å². The van der Waals surface area contributed by atoms with E-state index in [0.717, 1.165) is 6.42 Å². The smallest absolute Gasteiger partial charge is 0.260 e. The summed E-state index contributed by atoms with van der Waals surface area (Å²) in [7, 11) is 2.94. The highest BCUT2D eigenvalue weighted by Gasteiger charge is 2.41. The molecule has 0 unspecified atom stereocenters. The van der Waals surface area contributed by atoms with Crippen LogP contribution in [-0.4, -0.2) is 20.0 Å². The van der Waals surface area contributed by atoms with Crippen LogP contribution in [0.1, 0.15) is 27.0 Å². The Morgan fingerprint density at radius 3 is 1.64 bits per heavy atom. The second kappa shape index (κ2) is 10.6. The second-order valence-corrected chi connectivity index (χ2v) is 8.66. The number of ether oxygens (including phenoxy) is 2. The Hall–Kier alpha value is -3.18. The number of fused-ring (bicyclic) bond motifs is 2. The van der Waals surface area contributed by atoms with Crippen LogP contribution in [0.25, 0.3) is 0 Å². The SMILES string of the molecule is COC(OC)(C(=O)c1ccccc1)c1ccccc1.c1ccc2c(c1)Cc1ccccc1S2. The van der Waals surface area contributed by atoms with Gasteiger partial charge in [0.05, 0.1) is 0 Å². The lowest BCUT2D eigenvalue weighted by atomic mass is 9.96. The van der Waals surface area contributed by atoms with Crippen molar-refractivity contribution in [2.75, 3.05) is 14.2 Å². The molecule has 0 saturated carbocycles. The lowest BCUT2D eigenvalue weighted by Crippen LogP contribution is -2.39. The fourth-order valence-corrected chi connectivity index (χ4v) is 4.97. The van der Waals surface area contributed by atoms with Crippen LogP contribution in [-0.2, 0) is 21.7 Å². The van der Waals surface area contributed by atoms with E-state index < -0.39 is 5.79 Å². The summed E-state index contributed by atoms with van der Waals surface area (Å²) in [5, 5.41) is 0. The summed E-state index contributed by atoms with van der Waals surface area (Å²) in [6.45, 7) is 0. The molecule has 0 fully saturated rings. The minimum atomic E-state index is -1.40. The van der Waals surface area contributed by atoms with Crippen molar-refractivity contribution in [2.24, 2.45) is 0 Å². The summed E-state index contributed by atoms with van der Waals surface area (Å²) in [5.41, 5.74) is 4.14. The van der Waals surface area contributed by atoms with E-state index in [4.69, 9.17) is 9.47 Å². The Morgan fingerprint density at radius 2 is 1.12 bits per heavy atom. The molecule has 0 bridgehead atoms. The molecule has 0 amide bonds. The highest BCUT2D eigenvalue weighted by Crippen LogP contribution is 2.38. The number of carbonyl (C=O) groups excluding carboxylic acids is 1. The van der Waals surface area contributed by atoms with E-state index in [0.29, 0.717) is 11.1 Å². The van der Waals surface area contributed by atoms with Gasteiger partial charge < -0.3 is 9.47 Å². The van der Waals surface area contributed by atoms with Gasteiger partial charge >= 0.3 is 0 Å².